The summed E-state index contributed by atoms with van der Waals surface area (Å²) in [4.78, 5) is 4.35. The second-order valence-corrected chi connectivity index (χ2v) is 7.12. The van der Waals surface area contributed by atoms with Gasteiger partial charge >= 0.3 is 0 Å². The van der Waals surface area contributed by atoms with Gasteiger partial charge in [0.05, 0.1) is 26.2 Å². The molecule has 0 amide bonds. The molecule has 2 heterocycles. The molecule has 1 aliphatic heterocycles. The molecule has 1 saturated heterocycles. The first-order valence-electron chi connectivity index (χ1n) is 8.97. The van der Waals surface area contributed by atoms with Gasteiger partial charge in [-0.1, -0.05) is 35.9 Å². The maximum absolute atomic E-state index is 5.72. The highest BCUT2D eigenvalue weighted by molar-refractivity contribution is 7.71. The summed E-state index contributed by atoms with van der Waals surface area (Å²) in [6.07, 6.45) is 0. The fourth-order valence-corrected chi connectivity index (χ4v) is 3.49. The van der Waals surface area contributed by atoms with Crippen LogP contribution in [-0.4, -0.2) is 36.0 Å². The lowest BCUT2D eigenvalue weighted by molar-refractivity contribution is -0.924. The molecule has 0 atom stereocenters. The highest BCUT2D eigenvalue weighted by Crippen LogP contribution is 2.18. The molecule has 1 aliphatic rings. The maximum Gasteiger partial charge on any atom is 0.292 e. The lowest BCUT2D eigenvalue weighted by atomic mass is 10.1. The SMILES string of the molecule is Cc1ccc(-c2nn(C[NH+]3CCN(c4ccccc4)CC3)c(=S)o2)cc1. The molecular weight excluding hydrogens is 344 g/mol. The summed E-state index contributed by atoms with van der Waals surface area (Å²) in [5.41, 5.74) is 3.48. The van der Waals surface area contributed by atoms with Crippen LogP contribution in [0.25, 0.3) is 11.5 Å². The van der Waals surface area contributed by atoms with Crippen LogP contribution in [0.4, 0.5) is 5.69 Å². The van der Waals surface area contributed by atoms with Gasteiger partial charge in [-0.05, 0) is 43.4 Å². The fourth-order valence-electron chi connectivity index (χ4n) is 3.31. The number of hydrogen-bond donors (Lipinski definition) is 1. The molecule has 26 heavy (non-hydrogen) atoms. The number of piperazine rings is 1. The molecule has 0 radical (unpaired) electrons. The van der Waals surface area contributed by atoms with Crippen molar-refractivity contribution in [2.24, 2.45) is 0 Å². The van der Waals surface area contributed by atoms with Crippen LogP contribution in [0.5, 0.6) is 0 Å². The van der Waals surface area contributed by atoms with Gasteiger partial charge in [-0.15, -0.1) is 5.10 Å². The first kappa shape index (κ1) is 17.0. The Balaban J connectivity index is 1.41. The fraction of sp³-hybridized carbons (Fsp3) is 0.300. The molecule has 3 aromatic rings. The normalized spacial score (nSPS) is 15.3. The van der Waals surface area contributed by atoms with Crippen LogP contribution in [0.2, 0.25) is 0 Å². The van der Waals surface area contributed by atoms with Gasteiger partial charge in [0.2, 0.25) is 5.89 Å². The van der Waals surface area contributed by atoms with Crippen molar-refractivity contribution in [2.45, 2.75) is 13.6 Å². The molecule has 0 unspecified atom stereocenters. The molecule has 2 aromatic carbocycles. The molecule has 0 saturated carbocycles. The summed E-state index contributed by atoms with van der Waals surface area (Å²) in [6, 6.07) is 18.7. The summed E-state index contributed by atoms with van der Waals surface area (Å²) in [6.45, 7) is 7.00. The van der Waals surface area contributed by atoms with E-state index < -0.39 is 0 Å². The topological polar surface area (TPSA) is 38.6 Å². The molecule has 4 rings (SSSR count). The summed E-state index contributed by atoms with van der Waals surface area (Å²) < 4.78 is 7.53. The molecule has 1 N–H and O–H groups in total. The third-order valence-electron chi connectivity index (χ3n) is 4.87. The molecule has 134 valence electrons. The minimum absolute atomic E-state index is 0.443. The predicted molar refractivity (Wildman–Crippen MR) is 105 cm³/mol. The second-order valence-electron chi connectivity index (χ2n) is 6.77. The first-order chi connectivity index (χ1) is 12.7. The molecule has 0 aliphatic carbocycles. The van der Waals surface area contributed by atoms with Gasteiger partial charge < -0.3 is 14.2 Å². The number of aryl methyl sites for hydroxylation is 1. The van der Waals surface area contributed by atoms with Gasteiger partial charge in [0.25, 0.3) is 4.84 Å². The summed E-state index contributed by atoms with van der Waals surface area (Å²) in [5.74, 6) is 0.595. The van der Waals surface area contributed by atoms with Gasteiger partial charge in [0.15, 0.2) is 6.67 Å². The zero-order chi connectivity index (χ0) is 17.9. The van der Waals surface area contributed by atoms with E-state index in [4.69, 9.17) is 16.6 Å². The van der Waals surface area contributed by atoms with Crippen molar-refractivity contribution in [1.29, 1.82) is 0 Å². The Morgan fingerprint density at radius 3 is 2.42 bits per heavy atom. The van der Waals surface area contributed by atoms with Crippen LogP contribution in [0.1, 0.15) is 5.56 Å². The van der Waals surface area contributed by atoms with E-state index in [1.807, 2.05) is 16.8 Å². The molecule has 1 aromatic heterocycles. The van der Waals surface area contributed by atoms with E-state index in [0.717, 1.165) is 38.4 Å². The molecular formula is C20H23N4OS+. The largest absolute Gasteiger partial charge is 0.409 e. The van der Waals surface area contributed by atoms with Crippen LogP contribution in [0.3, 0.4) is 0 Å². The minimum atomic E-state index is 0.443. The summed E-state index contributed by atoms with van der Waals surface area (Å²) >= 11 is 5.38. The number of hydrogen-bond acceptors (Lipinski definition) is 4. The highest BCUT2D eigenvalue weighted by Gasteiger charge is 2.21. The number of nitrogens with one attached hydrogen (secondary N) is 1. The average Bonchev–Trinajstić information content (AvgIpc) is 3.04. The van der Waals surface area contributed by atoms with Crippen LogP contribution in [0, 0.1) is 11.8 Å². The number of aromatic nitrogens is 2. The number of benzene rings is 2. The Morgan fingerprint density at radius 1 is 1.04 bits per heavy atom. The summed E-state index contributed by atoms with van der Waals surface area (Å²) in [5, 5.41) is 4.59. The molecule has 5 nitrogen and oxygen atoms in total. The van der Waals surface area contributed by atoms with Gasteiger partial charge in [-0.2, -0.15) is 4.68 Å². The van der Waals surface area contributed by atoms with Crippen molar-refractivity contribution in [3.63, 3.8) is 0 Å². The van der Waals surface area contributed by atoms with Crippen molar-refractivity contribution in [2.75, 3.05) is 31.1 Å². The van der Waals surface area contributed by atoms with E-state index in [-0.39, 0.29) is 0 Å². The lowest BCUT2D eigenvalue weighted by Gasteiger charge is -2.33. The number of para-hydroxylation sites is 1. The molecule has 1 fully saturated rings. The van der Waals surface area contributed by atoms with E-state index in [2.05, 4.69) is 59.4 Å². The van der Waals surface area contributed by atoms with Crippen molar-refractivity contribution >= 4 is 17.9 Å². The first-order valence-corrected chi connectivity index (χ1v) is 9.38. The zero-order valence-electron chi connectivity index (χ0n) is 14.9. The number of quaternary nitrogens is 1. The van der Waals surface area contributed by atoms with Crippen molar-refractivity contribution in [3.05, 3.63) is 65.0 Å². The number of anilines is 1. The van der Waals surface area contributed by atoms with Crippen LogP contribution in [-0.2, 0) is 6.67 Å². The lowest BCUT2D eigenvalue weighted by Crippen LogP contribution is -3.14. The molecule has 0 bridgehead atoms. The monoisotopic (exact) mass is 367 g/mol. The Morgan fingerprint density at radius 2 is 1.73 bits per heavy atom. The third kappa shape index (κ3) is 3.71. The van der Waals surface area contributed by atoms with Gasteiger partial charge in [-0.3, -0.25) is 0 Å². The predicted octanol–water partition coefficient (Wildman–Crippen LogP) is 2.54. The summed E-state index contributed by atoms with van der Waals surface area (Å²) in [7, 11) is 0. The Hall–Kier alpha value is -2.44. The third-order valence-corrected chi connectivity index (χ3v) is 5.16. The van der Waals surface area contributed by atoms with E-state index in [9.17, 15) is 0 Å². The maximum atomic E-state index is 5.72. The number of rotatable bonds is 4. The number of nitrogens with zero attached hydrogens (tertiary/aromatic N) is 3. The smallest absolute Gasteiger partial charge is 0.292 e. The Labute approximate surface area is 158 Å². The van der Waals surface area contributed by atoms with Gasteiger partial charge in [0, 0.05) is 11.3 Å². The molecule has 6 heteroatoms. The van der Waals surface area contributed by atoms with Crippen molar-refractivity contribution < 1.29 is 9.32 Å². The minimum Gasteiger partial charge on any atom is -0.409 e. The average molecular weight is 367 g/mol. The quantitative estimate of drug-likeness (QED) is 0.720. The highest BCUT2D eigenvalue weighted by atomic mass is 32.1. The van der Waals surface area contributed by atoms with Crippen molar-refractivity contribution in [3.8, 4) is 11.5 Å². The van der Waals surface area contributed by atoms with E-state index in [1.165, 1.54) is 16.2 Å². The van der Waals surface area contributed by atoms with Crippen LogP contribution < -0.4 is 9.80 Å². The van der Waals surface area contributed by atoms with Crippen LogP contribution in [0.15, 0.2) is 59.0 Å². The Bertz CT molecular complexity index is 909. The van der Waals surface area contributed by atoms with Gasteiger partial charge in [-0.25, -0.2) is 0 Å². The van der Waals surface area contributed by atoms with E-state index >= 15 is 0 Å². The van der Waals surface area contributed by atoms with Gasteiger partial charge in [0.1, 0.15) is 0 Å². The molecule has 0 spiro atoms. The van der Waals surface area contributed by atoms with Crippen LogP contribution >= 0.6 is 12.2 Å². The standard InChI is InChI=1S/C20H22N4OS/c1-16-7-9-17(10-8-16)19-21-24(20(26)25-19)15-22-11-13-23(14-12-22)18-5-3-2-4-6-18/h2-10H,11-15H2,1H3/p+1. The van der Waals surface area contributed by atoms with E-state index in [0.29, 0.717) is 10.7 Å². The second kappa shape index (κ2) is 7.43. The van der Waals surface area contributed by atoms with E-state index in [1.54, 1.807) is 0 Å². The zero-order valence-corrected chi connectivity index (χ0v) is 15.7. The Kier molecular flexibility index (Phi) is 4.86. The van der Waals surface area contributed by atoms with Crippen molar-refractivity contribution in [1.82, 2.24) is 9.78 Å².